The number of H-pyrrole nitrogens is 1. The molecule has 35 heavy (non-hydrogen) atoms. The molecule has 1 aliphatic heterocycles. The molecule has 0 bridgehead atoms. The third kappa shape index (κ3) is 4.75. The predicted molar refractivity (Wildman–Crippen MR) is 136 cm³/mol. The molecule has 1 fully saturated rings. The summed E-state index contributed by atoms with van der Waals surface area (Å²) in [4.78, 5) is 56.7. The van der Waals surface area contributed by atoms with Crippen molar-refractivity contribution in [2.45, 2.75) is 33.2 Å². The number of benzene rings is 2. The molecule has 3 aromatic rings. The first-order chi connectivity index (χ1) is 16.8. The van der Waals surface area contributed by atoms with E-state index >= 15 is 0 Å². The van der Waals surface area contributed by atoms with E-state index in [0.717, 1.165) is 23.2 Å². The number of hydrogen-bond donors (Lipinski definition) is 2. The Balaban J connectivity index is 1.62. The van der Waals surface area contributed by atoms with Crippen LogP contribution in [0.5, 0.6) is 0 Å². The van der Waals surface area contributed by atoms with Crippen LogP contribution in [-0.4, -0.2) is 34.5 Å². The Kier molecular flexibility index (Phi) is 6.86. The third-order valence-electron chi connectivity index (χ3n) is 6.38. The Morgan fingerprint density at radius 3 is 2.34 bits per heavy atom. The SMILES string of the molecule is CCc1ccc(N2CC(C(=O)N(CC)c3c(N)n(Cc4ccccc4)c(=O)[nH]c3=O)CC2=O)cc1. The summed E-state index contributed by atoms with van der Waals surface area (Å²) in [6.45, 7) is 4.29. The summed E-state index contributed by atoms with van der Waals surface area (Å²) in [5.41, 5.74) is 7.54. The smallest absolute Gasteiger partial charge is 0.330 e. The number of aryl methyl sites for hydroxylation is 1. The fourth-order valence-corrected chi connectivity index (χ4v) is 4.44. The molecular formula is C26H29N5O4. The summed E-state index contributed by atoms with van der Waals surface area (Å²) in [6, 6.07) is 16.9. The zero-order valence-corrected chi connectivity index (χ0v) is 19.9. The molecule has 1 unspecified atom stereocenters. The van der Waals surface area contributed by atoms with E-state index in [0.29, 0.717) is 0 Å². The summed E-state index contributed by atoms with van der Waals surface area (Å²) in [5, 5.41) is 0. The topological polar surface area (TPSA) is 122 Å². The molecule has 2 aromatic carbocycles. The van der Waals surface area contributed by atoms with Gasteiger partial charge in [-0.3, -0.25) is 23.9 Å². The molecule has 182 valence electrons. The highest BCUT2D eigenvalue weighted by molar-refractivity contribution is 6.05. The van der Waals surface area contributed by atoms with Crippen LogP contribution in [0, 0.1) is 5.92 Å². The van der Waals surface area contributed by atoms with Crippen LogP contribution in [0.25, 0.3) is 0 Å². The molecule has 1 aliphatic rings. The largest absolute Gasteiger partial charge is 0.383 e. The molecule has 2 heterocycles. The minimum Gasteiger partial charge on any atom is -0.383 e. The van der Waals surface area contributed by atoms with Crippen LogP contribution in [0.1, 0.15) is 31.4 Å². The predicted octanol–water partition coefficient (Wildman–Crippen LogP) is 2.14. The third-order valence-corrected chi connectivity index (χ3v) is 6.38. The summed E-state index contributed by atoms with van der Waals surface area (Å²) < 4.78 is 1.24. The number of nitrogen functional groups attached to an aromatic ring is 1. The van der Waals surface area contributed by atoms with Crippen LogP contribution in [-0.2, 0) is 22.6 Å². The number of hydrogen-bond acceptors (Lipinski definition) is 5. The normalized spacial score (nSPS) is 15.4. The fraction of sp³-hybridized carbons (Fsp3) is 0.308. The van der Waals surface area contributed by atoms with Crippen molar-refractivity contribution in [3.05, 3.63) is 86.6 Å². The number of aromatic nitrogens is 2. The van der Waals surface area contributed by atoms with Crippen molar-refractivity contribution in [1.82, 2.24) is 9.55 Å². The van der Waals surface area contributed by atoms with Gasteiger partial charge < -0.3 is 15.5 Å². The second-order valence-electron chi connectivity index (χ2n) is 8.57. The van der Waals surface area contributed by atoms with E-state index in [-0.39, 0.29) is 49.4 Å². The van der Waals surface area contributed by atoms with E-state index in [1.807, 2.05) is 54.6 Å². The highest BCUT2D eigenvalue weighted by Crippen LogP contribution is 2.28. The molecule has 0 spiro atoms. The summed E-state index contributed by atoms with van der Waals surface area (Å²) in [5.74, 6) is -1.26. The lowest BCUT2D eigenvalue weighted by atomic mass is 10.1. The van der Waals surface area contributed by atoms with Gasteiger partial charge in [0.15, 0.2) is 5.69 Å². The summed E-state index contributed by atoms with van der Waals surface area (Å²) in [7, 11) is 0. The van der Waals surface area contributed by atoms with Crippen molar-refractivity contribution < 1.29 is 9.59 Å². The molecule has 0 aliphatic carbocycles. The van der Waals surface area contributed by atoms with Gasteiger partial charge in [-0.15, -0.1) is 0 Å². The van der Waals surface area contributed by atoms with Gasteiger partial charge in [0.1, 0.15) is 5.82 Å². The Morgan fingerprint density at radius 2 is 1.71 bits per heavy atom. The molecule has 3 N–H and O–H groups in total. The second-order valence-corrected chi connectivity index (χ2v) is 8.57. The Labute approximate surface area is 202 Å². The van der Waals surface area contributed by atoms with E-state index in [4.69, 9.17) is 5.73 Å². The van der Waals surface area contributed by atoms with Gasteiger partial charge in [-0.2, -0.15) is 0 Å². The Bertz CT molecular complexity index is 1340. The molecule has 1 saturated heterocycles. The molecule has 1 atom stereocenters. The van der Waals surface area contributed by atoms with Crippen molar-refractivity contribution in [2.24, 2.45) is 5.92 Å². The van der Waals surface area contributed by atoms with Crippen LogP contribution in [0.3, 0.4) is 0 Å². The Hall–Kier alpha value is -4.14. The quantitative estimate of drug-likeness (QED) is 0.542. The number of amides is 2. The van der Waals surface area contributed by atoms with E-state index in [1.165, 1.54) is 9.47 Å². The number of nitrogens with one attached hydrogen (secondary N) is 1. The fourth-order valence-electron chi connectivity index (χ4n) is 4.44. The van der Waals surface area contributed by atoms with Crippen molar-refractivity contribution in [1.29, 1.82) is 0 Å². The number of carbonyl (C=O) groups excluding carboxylic acids is 2. The lowest BCUT2D eigenvalue weighted by Crippen LogP contribution is -2.44. The minimum atomic E-state index is -0.733. The standard InChI is InChI=1S/C26H29N5O4/c1-3-17-10-12-20(13-11-17)30-16-19(14-21(30)32)25(34)29(4-2)22-23(27)31(26(35)28-24(22)33)15-18-8-6-5-7-9-18/h5-13,19H,3-4,14-16,27H2,1-2H3,(H,28,33,35). The van der Waals surface area contributed by atoms with Gasteiger partial charge in [-0.05, 0) is 36.6 Å². The lowest BCUT2D eigenvalue weighted by Gasteiger charge is -2.25. The maximum atomic E-state index is 13.5. The molecule has 1 aromatic heterocycles. The maximum absolute atomic E-state index is 13.5. The van der Waals surface area contributed by atoms with Crippen LogP contribution in [0.2, 0.25) is 0 Å². The number of aromatic amines is 1. The van der Waals surface area contributed by atoms with Crippen LogP contribution in [0.4, 0.5) is 17.2 Å². The molecule has 4 rings (SSSR count). The number of nitrogens with zero attached hydrogens (tertiary/aromatic N) is 3. The first-order valence-electron chi connectivity index (χ1n) is 11.7. The highest BCUT2D eigenvalue weighted by atomic mass is 16.2. The van der Waals surface area contributed by atoms with Gasteiger partial charge >= 0.3 is 5.69 Å². The van der Waals surface area contributed by atoms with E-state index in [2.05, 4.69) is 11.9 Å². The minimum absolute atomic E-state index is 0.0341. The molecular weight excluding hydrogens is 446 g/mol. The molecule has 9 heteroatoms. The molecule has 0 radical (unpaired) electrons. The average molecular weight is 476 g/mol. The van der Waals surface area contributed by atoms with Gasteiger partial charge in [-0.1, -0.05) is 49.4 Å². The van der Waals surface area contributed by atoms with Crippen LogP contribution >= 0.6 is 0 Å². The average Bonchev–Trinajstić information content (AvgIpc) is 3.26. The number of nitrogens with two attached hydrogens (primary N) is 1. The zero-order chi connectivity index (χ0) is 25.1. The first kappa shape index (κ1) is 24.0. The lowest BCUT2D eigenvalue weighted by molar-refractivity contribution is -0.124. The van der Waals surface area contributed by atoms with Gasteiger partial charge in [0.2, 0.25) is 11.8 Å². The molecule has 9 nitrogen and oxygen atoms in total. The zero-order valence-electron chi connectivity index (χ0n) is 19.9. The van der Waals surface area contributed by atoms with E-state index in [1.54, 1.807) is 11.8 Å². The van der Waals surface area contributed by atoms with Gasteiger partial charge in [0, 0.05) is 25.2 Å². The second kappa shape index (κ2) is 10.0. The maximum Gasteiger partial charge on any atom is 0.330 e. The number of anilines is 3. The van der Waals surface area contributed by atoms with Gasteiger partial charge in [-0.25, -0.2) is 4.79 Å². The van der Waals surface area contributed by atoms with Crippen molar-refractivity contribution in [3.63, 3.8) is 0 Å². The number of carbonyl (C=O) groups is 2. The van der Waals surface area contributed by atoms with Gasteiger partial charge in [0.05, 0.1) is 12.5 Å². The summed E-state index contributed by atoms with van der Waals surface area (Å²) in [6.07, 6.45) is 0.926. The van der Waals surface area contributed by atoms with Gasteiger partial charge in [0.25, 0.3) is 5.56 Å². The first-order valence-corrected chi connectivity index (χ1v) is 11.7. The monoisotopic (exact) mass is 475 g/mol. The van der Waals surface area contributed by atoms with E-state index in [9.17, 15) is 19.2 Å². The van der Waals surface area contributed by atoms with Crippen LogP contribution < -0.4 is 26.8 Å². The molecule has 0 saturated carbocycles. The summed E-state index contributed by atoms with van der Waals surface area (Å²) >= 11 is 0. The highest BCUT2D eigenvalue weighted by Gasteiger charge is 2.38. The number of rotatable bonds is 7. The van der Waals surface area contributed by atoms with Crippen LogP contribution in [0.15, 0.2) is 64.2 Å². The van der Waals surface area contributed by atoms with Crippen molar-refractivity contribution >= 4 is 29.0 Å². The van der Waals surface area contributed by atoms with E-state index < -0.39 is 17.2 Å². The Morgan fingerprint density at radius 1 is 1.03 bits per heavy atom. The molecule has 2 amide bonds. The van der Waals surface area contributed by atoms with Crippen molar-refractivity contribution in [2.75, 3.05) is 28.6 Å². The van der Waals surface area contributed by atoms with Crippen molar-refractivity contribution in [3.8, 4) is 0 Å².